The molecule has 1 saturated heterocycles. The van der Waals surface area contributed by atoms with Gasteiger partial charge in [-0.3, -0.25) is 9.69 Å². The topological polar surface area (TPSA) is 35.6 Å². The number of likely N-dealkylation sites (N-methyl/N-ethyl adjacent to an activating group) is 1. The third-order valence-corrected chi connectivity index (χ3v) is 3.82. The van der Waals surface area contributed by atoms with Crippen LogP contribution in [-0.4, -0.2) is 66.9 Å². The highest BCUT2D eigenvalue weighted by atomic mass is 35.5. The van der Waals surface area contributed by atoms with E-state index in [1.807, 2.05) is 0 Å². The molecule has 0 saturated carbocycles. The quantitative estimate of drug-likeness (QED) is 0.761. The monoisotopic (exact) mass is 275 g/mol. The lowest BCUT2D eigenvalue weighted by Crippen LogP contribution is -2.54. The Bertz CT molecular complexity index is 263. The molecule has 2 atom stereocenters. The van der Waals surface area contributed by atoms with Gasteiger partial charge < -0.3 is 10.2 Å². The number of amides is 1. The first-order chi connectivity index (χ1) is 8.41. The Hall–Kier alpha value is -0.320. The Labute approximate surface area is 116 Å². The van der Waals surface area contributed by atoms with E-state index >= 15 is 0 Å². The van der Waals surface area contributed by atoms with Crippen LogP contribution in [0.25, 0.3) is 0 Å². The van der Waals surface area contributed by atoms with Crippen LogP contribution in [0.4, 0.5) is 0 Å². The lowest BCUT2D eigenvalue weighted by molar-refractivity contribution is -0.120. The predicted octanol–water partition coefficient (Wildman–Crippen LogP) is 1.00. The van der Waals surface area contributed by atoms with Crippen molar-refractivity contribution in [3.63, 3.8) is 0 Å². The smallest absolute Gasteiger partial charge is 0.237 e. The molecule has 1 rings (SSSR count). The molecular formula is C13H26ClN3O. The van der Waals surface area contributed by atoms with E-state index in [4.69, 9.17) is 11.6 Å². The van der Waals surface area contributed by atoms with E-state index in [0.717, 1.165) is 26.2 Å². The number of hydrogen-bond donors (Lipinski definition) is 1. The van der Waals surface area contributed by atoms with Crippen LogP contribution >= 0.6 is 11.6 Å². The molecule has 0 aromatic rings. The van der Waals surface area contributed by atoms with Gasteiger partial charge in [-0.1, -0.05) is 13.8 Å². The fourth-order valence-corrected chi connectivity index (χ4v) is 2.36. The number of hydrogen-bond acceptors (Lipinski definition) is 3. The van der Waals surface area contributed by atoms with Crippen molar-refractivity contribution in [2.75, 3.05) is 39.8 Å². The van der Waals surface area contributed by atoms with Crippen molar-refractivity contribution in [3.05, 3.63) is 0 Å². The molecule has 0 aliphatic carbocycles. The molecule has 5 heteroatoms. The number of alkyl halides is 1. The zero-order valence-electron chi connectivity index (χ0n) is 11.9. The van der Waals surface area contributed by atoms with Gasteiger partial charge in [0, 0.05) is 38.8 Å². The van der Waals surface area contributed by atoms with Crippen LogP contribution in [0.3, 0.4) is 0 Å². The van der Waals surface area contributed by atoms with Crippen molar-refractivity contribution >= 4 is 17.5 Å². The second kappa shape index (κ2) is 7.31. The fraction of sp³-hybridized carbons (Fsp3) is 0.923. The summed E-state index contributed by atoms with van der Waals surface area (Å²) in [5, 5.41) is 2.49. The Morgan fingerprint density at radius 3 is 2.22 bits per heavy atom. The van der Waals surface area contributed by atoms with Gasteiger partial charge in [0.05, 0.1) is 0 Å². The average Bonchev–Trinajstić information content (AvgIpc) is 2.30. The van der Waals surface area contributed by atoms with Gasteiger partial charge in [-0.2, -0.15) is 0 Å². The summed E-state index contributed by atoms with van der Waals surface area (Å²) in [6.45, 7) is 11.2. The molecule has 1 aliphatic heterocycles. The molecule has 1 amide bonds. The molecule has 0 aromatic heterocycles. The molecule has 0 aromatic carbocycles. The number of carbonyl (C=O) groups is 1. The van der Waals surface area contributed by atoms with Crippen molar-refractivity contribution in [2.24, 2.45) is 5.92 Å². The summed E-state index contributed by atoms with van der Waals surface area (Å²) in [6.07, 6.45) is 0. The summed E-state index contributed by atoms with van der Waals surface area (Å²) in [7, 11) is 2.15. The van der Waals surface area contributed by atoms with Gasteiger partial charge in [0.2, 0.25) is 5.91 Å². The molecule has 106 valence electrons. The maximum absolute atomic E-state index is 11.5. The van der Waals surface area contributed by atoms with Gasteiger partial charge in [0.15, 0.2) is 0 Å². The largest absolute Gasteiger partial charge is 0.353 e. The summed E-state index contributed by atoms with van der Waals surface area (Å²) >= 11 is 5.76. The van der Waals surface area contributed by atoms with Crippen LogP contribution in [0, 0.1) is 5.92 Å². The van der Waals surface area contributed by atoms with Crippen molar-refractivity contribution in [1.82, 2.24) is 15.1 Å². The van der Waals surface area contributed by atoms with E-state index in [1.165, 1.54) is 0 Å². The number of nitrogens with one attached hydrogen (secondary N) is 1. The zero-order valence-corrected chi connectivity index (χ0v) is 12.7. The van der Waals surface area contributed by atoms with Crippen LogP contribution in [0.2, 0.25) is 0 Å². The fourth-order valence-electron chi connectivity index (χ4n) is 2.29. The minimum absolute atomic E-state index is 0.0727. The van der Waals surface area contributed by atoms with Gasteiger partial charge in [-0.15, -0.1) is 11.6 Å². The molecule has 2 unspecified atom stereocenters. The Morgan fingerprint density at radius 2 is 1.78 bits per heavy atom. The third-order valence-electron chi connectivity index (χ3n) is 3.62. The summed E-state index contributed by atoms with van der Waals surface area (Å²) in [6, 6.07) is 0.401. The lowest BCUT2D eigenvalue weighted by atomic mass is 10.0. The van der Waals surface area contributed by atoms with Gasteiger partial charge in [-0.25, -0.2) is 0 Å². The average molecular weight is 276 g/mol. The molecule has 1 heterocycles. The highest BCUT2D eigenvalue weighted by molar-refractivity contribution is 6.30. The van der Waals surface area contributed by atoms with Gasteiger partial charge in [0.1, 0.15) is 5.38 Å². The van der Waals surface area contributed by atoms with Crippen LogP contribution in [0.15, 0.2) is 0 Å². The maximum Gasteiger partial charge on any atom is 0.237 e. The van der Waals surface area contributed by atoms with Gasteiger partial charge in [0.25, 0.3) is 0 Å². The van der Waals surface area contributed by atoms with Crippen LogP contribution in [-0.2, 0) is 4.79 Å². The van der Waals surface area contributed by atoms with Crippen molar-refractivity contribution in [3.8, 4) is 0 Å². The molecule has 1 fully saturated rings. The summed E-state index contributed by atoms with van der Waals surface area (Å²) in [5.41, 5.74) is 0. The zero-order chi connectivity index (χ0) is 13.7. The van der Waals surface area contributed by atoms with Crippen molar-refractivity contribution < 1.29 is 4.79 Å². The summed E-state index contributed by atoms with van der Waals surface area (Å²) < 4.78 is 0. The molecular weight excluding hydrogens is 250 g/mol. The lowest BCUT2D eigenvalue weighted by Gasteiger charge is -2.40. The highest BCUT2D eigenvalue weighted by Crippen LogP contribution is 2.13. The highest BCUT2D eigenvalue weighted by Gasteiger charge is 2.25. The van der Waals surface area contributed by atoms with Crippen LogP contribution in [0.5, 0.6) is 0 Å². The minimum atomic E-state index is -0.453. The molecule has 0 bridgehead atoms. The standard InChI is InChI=1S/C13H26ClN3O/c1-10(2)12(9-15-13(18)11(3)14)17-7-5-16(4)6-8-17/h10-12H,5-9H2,1-4H3,(H,15,18). The first-order valence-electron chi connectivity index (χ1n) is 6.76. The molecule has 0 spiro atoms. The Kier molecular flexibility index (Phi) is 6.39. The summed E-state index contributed by atoms with van der Waals surface area (Å²) in [5.74, 6) is 0.454. The van der Waals surface area contributed by atoms with E-state index in [2.05, 4.69) is 36.0 Å². The first kappa shape index (κ1) is 15.7. The van der Waals surface area contributed by atoms with E-state index < -0.39 is 5.38 Å². The van der Waals surface area contributed by atoms with Crippen molar-refractivity contribution in [1.29, 1.82) is 0 Å². The normalized spacial score (nSPS) is 21.9. The number of nitrogens with zero attached hydrogens (tertiary/aromatic N) is 2. The number of rotatable bonds is 5. The Morgan fingerprint density at radius 1 is 1.22 bits per heavy atom. The summed E-state index contributed by atoms with van der Waals surface area (Å²) in [4.78, 5) is 16.4. The molecule has 1 aliphatic rings. The van der Waals surface area contributed by atoms with Gasteiger partial charge in [-0.05, 0) is 19.9 Å². The molecule has 18 heavy (non-hydrogen) atoms. The van der Waals surface area contributed by atoms with Crippen LogP contribution < -0.4 is 5.32 Å². The molecule has 4 nitrogen and oxygen atoms in total. The van der Waals surface area contributed by atoms with Gasteiger partial charge >= 0.3 is 0 Å². The number of halogens is 1. The van der Waals surface area contributed by atoms with Crippen LogP contribution in [0.1, 0.15) is 20.8 Å². The minimum Gasteiger partial charge on any atom is -0.353 e. The van der Waals surface area contributed by atoms with E-state index in [-0.39, 0.29) is 5.91 Å². The SMILES string of the molecule is CC(Cl)C(=O)NCC(C(C)C)N1CCN(C)CC1. The predicted molar refractivity (Wildman–Crippen MR) is 76.0 cm³/mol. The maximum atomic E-state index is 11.5. The third kappa shape index (κ3) is 4.75. The second-order valence-corrected chi connectivity index (χ2v) is 6.17. The number of carbonyl (C=O) groups excluding carboxylic acids is 1. The van der Waals surface area contributed by atoms with E-state index in [1.54, 1.807) is 6.92 Å². The first-order valence-corrected chi connectivity index (χ1v) is 7.19. The Balaban J connectivity index is 2.47. The number of piperazine rings is 1. The second-order valence-electron chi connectivity index (χ2n) is 5.51. The molecule has 1 N–H and O–H groups in total. The van der Waals surface area contributed by atoms with Crippen molar-refractivity contribution in [2.45, 2.75) is 32.2 Å². The molecule has 0 radical (unpaired) electrons. The van der Waals surface area contributed by atoms with E-state index in [9.17, 15) is 4.79 Å². The van der Waals surface area contributed by atoms with E-state index in [0.29, 0.717) is 18.5 Å².